The first-order valence-electron chi connectivity index (χ1n) is 11.2. The minimum atomic E-state index is -0.773. The molecule has 10 nitrogen and oxygen atoms in total. The molecule has 0 fully saturated rings. The largest absolute Gasteiger partial charge is 0.490 e. The quantitative estimate of drug-likeness (QED) is 0.261. The number of rotatable bonds is 6. The molecule has 1 atom stereocenters. The van der Waals surface area contributed by atoms with E-state index in [1.165, 1.54) is 13.2 Å². The molecule has 0 radical (unpaired) electrons. The van der Waals surface area contributed by atoms with Gasteiger partial charge in [-0.1, -0.05) is 18.2 Å². The van der Waals surface area contributed by atoms with E-state index < -0.39 is 16.7 Å². The van der Waals surface area contributed by atoms with Gasteiger partial charge in [-0.2, -0.15) is 0 Å². The van der Waals surface area contributed by atoms with Crippen molar-refractivity contribution < 1.29 is 19.2 Å². The standard InChI is InChI=1S/C27H21N5O5/c1-37-24-14-16(7-10-23(24)32(35)36)15-5-8-18-21(12-15)30-22-13-17(6-9-19(22)31-27(18)34)25(26(28)33)20-4-2-3-11-29-20/h2-14,25,30H,1H3,(H2,28,33)(H,31,34). The lowest BCUT2D eigenvalue weighted by molar-refractivity contribution is -0.385. The molecule has 0 aliphatic carbocycles. The summed E-state index contributed by atoms with van der Waals surface area (Å²) >= 11 is 0. The maximum Gasteiger partial charge on any atom is 0.310 e. The second kappa shape index (κ2) is 9.42. The molecule has 5 rings (SSSR count). The number of nitrogens with two attached hydrogens (primary N) is 1. The first-order valence-corrected chi connectivity index (χ1v) is 11.2. The molecule has 2 amide bonds. The fourth-order valence-corrected chi connectivity index (χ4v) is 4.35. The summed E-state index contributed by atoms with van der Waals surface area (Å²) in [4.78, 5) is 40.3. The smallest absolute Gasteiger partial charge is 0.310 e. The van der Waals surface area contributed by atoms with Gasteiger partial charge in [-0.05, 0) is 65.2 Å². The van der Waals surface area contributed by atoms with E-state index in [9.17, 15) is 19.7 Å². The summed E-state index contributed by atoms with van der Waals surface area (Å²) < 4.78 is 5.19. The number of primary amides is 1. The Balaban J connectivity index is 1.55. The van der Waals surface area contributed by atoms with E-state index in [1.807, 2.05) is 0 Å². The zero-order chi connectivity index (χ0) is 26.1. The Hall–Kier alpha value is -5.25. The average molecular weight is 495 g/mol. The summed E-state index contributed by atoms with van der Waals surface area (Å²) in [6.07, 6.45) is 1.60. The number of aromatic nitrogens is 1. The van der Waals surface area contributed by atoms with Crippen LogP contribution in [-0.2, 0) is 4.79 Å². The Morgan fingerprint density at radius 3 is 2.46 bits per heavy atom. The van der Waals surface area contributed by atoms with Crippen LogP contribution in [0.15, 0.2) is 79.0 Å². The highest BCUT2D eigenvalue weighted by molar-refractivity contribution is 6.12. The van der Waals surface area contributed by atoms with Crippen LogP contribution in [-0.4, -0.2) is 28.8 Å². The van der Waals surface area contributed by atoms with Crippen LogP contribution >= 0.6 is 0 Å². The van der Waals surface area contributed by atoms with Gasteiger partial charge >= 0.3 is 5.69 Å². The number of nitrogens with one attached hydrogen (secondary N) is 2. The molecule has 10 heteroatoms. The average Bonchev–Trinajstić information content (AvgIpc) is 3.03. The predicted molar refractivity (Wildman–Crippen MR) is 138 cm³/mol. The Labute approximate surface area is 211 Å². The normalized spacial score (nSPS) is 12.7. The van der Waals surface area contributed by atoms with E-state index in [0.29, 0.717) is 39.4 Å². The molecule has 1 aromatic heterocycles. The topological polar surface area (TPSA) is 149 Å². The summed E-state index contributed by atoms with van der Waals surface area (Å²) in [5.41, 5.74) is 10.1. The molecule has 4 N–H and O–H groups in total. The highest BCUT2D eigenvalue weighted by Gasteiger charge is 2.25. The molecule has 1 aliphatic rings. The second-order valence-electron chi connectivity index (χ2n) is 8.38. The number of amides is 2. The van der Waals surface area contributed by atoms with Crippen LogP contribution in [0.5, 0.6) is 5.75 Å². The molecule has 3 aromatic carbocycles. The lowest BCUT2D eigenvalue weighted by Crippen LogP contribution is -2.23. The monoisotopic (exact) mass is 495 g/mol. The fourth-order valence-electron chi connectivity index (χ4n) is 4.35. The molecule has 2 heterocycles. The SMILES string of the molecule is COc1cc(-c2ccc3c(c2)Nc2cc(C(C(N)=O)c4ccccn4)ccc2NC3=O)ccc1[N+](=O)[O-]. The third kappa shape index (κ3) is 4.43. The van der Waals surface area contributed by atoms with Crippen LogP contribution in [0.25, 0.3) is 11.1 Å². The lowest BCUT2D eigenvalue weighted by atomic mass is 9.93. The van der Waals surface area contributed by atoms with Crippen molar-refractivity contribution in [2.75, 3.05) is 17.7 Å². The van der Waals surface area contributed by atoms with Crippen molar-refractivity contribution in [3.8, 4) is 16.9 Å². The number of anilines is 3. The summed E-state index contributed by atoms with van der Waals surface area (Å²) in [6, 6.07) is 20.3. The van der Waals surface area contributed by atoms with Gasteiger partial charge < -0.3 is 21.1 Å². The van der Waals surface area contributed by atoms with Gasteiger partial charge in [0.1, 0.15) is 5.92 Å². The van der Waals surface area contributed by atoms with Gasteiger partial charge in [0.2, 0.25) is 5.91 Å². The van der Waals surface area contributed by atoms with Crippen molar-refractivity contribution in [2.45, 2.75) is 5.92 Å². The third-order valence-corrected chi connectivity index (χ3v) is 6.14. The Bertz CT molecular complexity index is 1550. The van der Waals surface area contributed by atoms with E-state index in [1.54, 1.807) is 72.9 Å². The fraction of sp³-hybridized carbons (Fsp3) is 0.0741. The minimum Gasteiger partial charge on any atom is -0.490 e. The van der Waals surface area contributed by atoms with Crippen molar-refractivity contribution in [1.82, 2.24) is 4.98 Å². The lowest BCUT2D eigenvalue weighted by Gasteiger charge is -2.17. The molecule has 0 bridgehead atoms. The number of methoxy groups -OCH3 is 1. The molecule has 0 spiro atoms. The molecule has 184 valence electrons. The van der Waals surface area contributed by atoms with Crippen LogP contribution in [0.4, 0.5) is 22.7 Å². The van der Waals surface area contributed by atoms with Gasteiger partial charge in [0.15, 0.2) is 5.75 Å². The summed E-state index contributed by atoms with van der Waals surface area (Å²) in [5, 5.41) is 17.4. The molecule has 0 saturated heterocycles. The number of nitrogens with zero attached hydrogens (tertiary/aromatic N) is 2. The van der Waals surface area contributed by atoms with Crippen LogP contribution in [0.1, 0.15) is 27.5 Å². The molecule has 1 aliphatic heterocycles. The Kier molecular flexibility index (Phi) is 5.98. The summed E-state index contributed by atoms with van der Waals surface area (Å²) in [7, 11) is 1.37. The van der Waals surface area contributed by atoms with Crippen LogP contribution in [0, 0.1) is 10.1 Å². The van der Waals surface area contributed by atoms with E-state index in [2.05, 4.69) is 15.6 Å². The number of carbonyl (C=O) groups is 2. The van der Waals surface area contributed by atoms with E-state index in [4.69, 9.17) is 10.5 Å². The first kappa shape index (κ1) is 23.5. The van der Waals surface area contributed by atoms with Crippen molar-refractivity contribution >= 4 is 34.6 Å². The summed E-state index contributed by atoms with van der Waals surface area (Å²) in [5.74, 6) is -1.50. The first-order chi connectivity index (χ1) is 17.9. The molecule has 37 heavy (non-hydrogen) atoms. The van der Waals surface area contributed by atoms with Crippen molar-refractivity contribution in [1.29, 1.82) is 0 Å². The van der Waals surface area contributed by atoms with E-state index >= 15 is 0 Å². The number of carbonyl (C=O) groups excluding carboxylic acids is 2. The molecule has 0 saturated carbocycles. The van der Waals surface area contributed by atoms with Gasteiger partial charge in [-0.15, -0.1) is 0 Å². The van der Waals surface area contributed by atoms with Crippen LogP contribution in [0.3, 0.4) is 0 Å². The van der Waals surface area contributed by atoms with Gasteiger partial charge in [0, 0.05) is 12.3 Å². The highest BCUT2D eigenvalue weighted by Crippen LogP contribution is 2.38. The van der Waals surface area contributed by atoms with E-state index in [0.717, 1.165) is 5.56 Å². The molecular formula is C27H21N5O5. The van der Waals surface area contributed by atoms with Crippen LogP contribution < -0.4 is 21.1 Å². The minimum absolute atomic E-state index is 0.130. The zero-order valence-electron chi connectivity index (χ0n) is 19.6. The predicted octanol–water partition coefficient (Wildman–Crippen LogP) is 4.59. The molecule has 1 unspecified atom stereocenters. The number of ether oxygens (including phenoxy) is 1. The van der Waals surface area contributed by atoms with Gasteiger partial charge in [-0.3, -0.25) is 24.7 Å². The number of nitro groups is 1. The maximum absolute atomic E-state index is 13.0. The van der Waals surface area contributed by atoms with E-state index in [-0.39, 0.29) is 17.3 Å². The Morgan fingerprint density at radius 1 is 0.973 bits per heavy atom. The van der Waals surface area contributed by atoms with Crippen molar-refractivity contribution in [2.24, 2.45) is 5.73 Å². The molecule has 4 aromatic rings. The van der Waals surface area contributed by atoms with Gasteiger partial charge in [0.25, 0.3) is 5.91 Å². The van der Waals surface area contributed by atoms with Crippen LogP contribution in [0.2, 0.25) is 0 Å². The number of pyridine rings is 1. The van der Waals surface area contributed by atoms with Crippen molar-refractivity contribution in [3.63, 3.8) is 0 Å². The Morgan fingerprint density at radius 2 is 1.76 bits per heavy atom. The molecular weight excluding hydrogens is 474 g/mol. The number of benzene rings is 3. The highest BCUT2D eigenvalue weighted by atomic mass is 16.6. The maximum atomic E-state index is 13.0. The second-order valence-corrected chi connectivity index (χ2v) is 8.38. The summed E-state index contributed by atoms with van der Waals surface area (Å²) in [6.45, 7) is 0. The third-order valence-electron chi connectivity index (χ3n) is 6.14. The number of hydrogen-bond donors (Lipinski definition) is 3. The number of fused-ring (bicyclic) bond motifs is 2. The number of nitro benzene ring substituents is 1. The zero-order valence-corrected chi connectivity index (χ0v) is 19.6. The van der Waals surface area contributed by atoms with Crippen molar-refractivity contribution in [3.05, 3.63) is 106 Å². The number of hydrogen-bond acceptors (Lipinski definition) is 7. The van der Waals surface area contributed by atoms with Gasteiger partial charge in [-0.25, -0.2) is 0 Å². The van der Waals surface area contributed by atoms with Gasteiger partial charge in [0.05, 0.1) is 40.4 Å².